The SMILES string of the molecule is COc1ccc(-c2ccn(C3CCCCO3)n2)c(-c2c(F)c3c4c(nc(OC[C@@]56CCCN5C[C@H](F)C6)nc4c2F)N2CC4CCC(C2CO3)N4C(=O)OC(C)(C)C)c1. The van der Waals surface area contributed by atoms with E-state index >= 15 is 8.78 Å². The minimum absolute atomic E-state index is 0.0208. The maximum absolute atomic E-state index is 17.7. The highest BCUT2D eigenvalue weighted by molar-refractivity contribution is 6.01. The monoisotopic (exact) mass is 817 g/mol. The molecule has 0 radical (unpaired) electrons. The van der Waals surface area contributed by atoms with Gasteiger partial charge in [-0.1, -0.05) is 0 Å². The number of halogens is 3. The third-order valence-corrected chi connectivity index (χ3v) is 13.1. The van der Waals surface area contributed by atoms with Crippen molar-refractivity contribution in [1.82, 2.24) is 29.5 Å². The lowest BCUT2D eigenvalue weighted by Gasteiger charge is -2.46. The van der Waals surface area contributed by atoms with Crippen LogP contribution in [0, 0.1) is 11.6 Å². The van der Waals surface area contributed by atoms with Gasteiger partial charge in [0.2, 0.25) is 0 Å². The molecule has 4 aromatic rings. The minimum Gasteiger partial charge on any atom is -0.497 e. The van der Waals surface area contributed by atoms with Crippen LogP contribution in [-0.4, -0.2) is 118 Å². The molecule has 6 aliphatic heterocycles. The molecular weight excluding hydrogens is 768 g/mol. The summed E-state index contributed by atoms with van der Waals surface area (Å²) in [5, 5.41) is 4.90. The number of benzene rings is 2. The Labute approximate surface area is 340 Å². The number of ether oxygens (including phenoxy) is 5. The molecule has 0 spiro atoms. The van der Waals surface area contributed by atoms with Crippen LogP contribution in [0.15, 0.2) is 30.5 Å². The molecule has 2 bridgehead atoms. The molecule has 314 valence electrons. The lowest BCUT2D eigenvalue weighted by Crippen LogP contribution is -2.63. The Morgan fingerprint density at radius 2 is 1.88 bits per heavy atom. The molecular formula is C43H50F3N7O6. The van der Waals surface area contributed by atoms with Gasteiger partial charge in [-0.15, -0.1) is 0 Å². The molecule has 16 heteroatoms. The average Bonchev–Trinajstić information content (AvgIpc) is 3.97. The Morgan fingerprint density at radius 3 is 2.68 bits per heavy atom. The van der Waals surface area contributed by atoms with Crippen molar-refractivity contribution in [3.8, 4) is 39.9 Å². The molecule has 5 fully saturated rings. The lowest BCUT2D eigenvalue weighted by atomic mass is 9.94. The van der Waals surface area contributed by atoms with Gasteiger partial charge in [0.15, 0.2) is 17.4 Å². The zero-order valence-electron chi connectivity index (χ0n) is 33.9. The predicted octanol–water partition coefficient (Wildman–Crippen LogP) is 7.45. The van der Waals surface area contributed by atoms with Crippen LogP contribution in [0.5, 0.6) is 17.5 Å². The van der Waals surface area contributed by atoms with E-state index in [0.717, 1.165) is 38.6 Å². The van der Waals surface area contributed by atoms with Crippen LogP contribution < -0.4 is 19.1 Å². The highest BCUT2D eigenvalue weighted by Gasteiger charge is 2.53. The summed E-state index contributed by atoms with van der Waals surface area (Å²) >= 11 is 0. The molecule has 13 nitrogen and oxygen atoms in total. The number of piperazine rings is 1. The largest absolute Gasteiger partial charge is 0.497 e. The van der Waals surface area contributed by atoms with Gasteiger partial charge in [0.25, 0.3) is 0 Å². The molecule has 59 heavy (non-hydrogen) atoms. The molecule has 2 aromatic carbocycles. The van der Waals surface area contributed by atoms with E-state index in [4.69, 9.17) is 33.8 Å². The summed E-state index contributed by atoms with van der Waals surface area (Å²) in [6.07, 6.45) is 6.36. The van der Waals surface area contributed by atoms with Crippen LogP contribution in [0.25, 0.3) is 33.3 Å². The predicted molar refractivity (Wildman–Crippen MR) is 212 cm³/mol. The first-order valence-electron chi connectivity index (χ1n) is 20.9. The van der Waals surface area contributed by atoms with Crippen LogP contribution in [-0.2, 0) is 9.47 Å². The zero-order valence-corrected chi connectivity index (χ0v) is 33.9. The fourth-order valence-electron chi connectivity index (χ4n) is 10.4. The molecule has 0 aliphatic carbocycles. The first-order valence-corrected chi connectivity index (χ1v) is 20.9. The van der Waals surface area contributed by atoms with Crippen molar-refractivity contribution in [2.75, 3.05) is 51.5 Å². The number of anilines is 1. The Balaban J connectivity index is 1.11. The molecule has 4 unspecified atom stereocenters. The molecule has 1 amide bonds. The lowest BCUT2D eigenvalue weighted by molar-refractivity contribution is -0.0393. The summed E-state index contributed by atoms with van der Waals surface area (Å²) in [6, 6.07) is 5.69. The van der Waals surface area contributed by atoms with Crippen LogP contribution >= 0.6 is 0 Å². The highest BCUT2D eigenvalue weighted by atomic mass is 19.1. The number of rotatable bonds is 7. The molecule has 8 heterocycles. The first kappa shape index (κ1) is 38.4. The summed E-state index contributed by atoms with van der Waals surface area (Å²) in [7, 11) is 1.49. The third kappa shape index (κ3) is 6.52. The number of carbonyl (C=O) groups excluding carboxylic acids is 1. The number of alkyl halides is 1. The number of fused-ring (bicyclic) bond motifs is 6. The second-order valence-electron chi connectivity index (χ2n) is 17.9. The molecule has 0 saturated carbocycles. The standard InChI is InChI=1S/C43H50F3N7O6/c1-42(2,3)59-41(54)53-25-9-12-30(53)31-22-57-38-34-37(47-40(48-39(34)51(31)21-25)58-23-43-14-7-15-50(43)20-24(44)19-43)35(45)33(36(38)46)28-18-26(55-4)10-11-27(28)29-13-16-52(49-29)32-8-5-6-17-56-32/h10-11,13,16,18,24-25,30-32H,5-9,12,14-15,17,19-23H2,1-4H3/t24-,25?,30?,31?,32?,43+/m1/s1. The summed E-state index contributed by atoms with van der Waals surface area (Å²) in [6.45, 7) is 7.66. The van der Waals surface area contributed by atoms with Crippen molar-refractivity contribution in [1.29, 1.82) is 0 Å². The minimum atomic E-state index is -0.972. The number of aromatic nitrogens is 4. The second-order valence-corrected chi connectivity index (χ2v) is 17.9. The van der Waals surface area contributed by atoms with Gasteiger partial charge in [0.1, 0.15) is 48.3 Å². The summed E-state index contributed by atoms with van der Waals surface area (Å²) < 4.78 is 82.1. The van der Waals surface area contributed by atoms with Crippen LogP contribution in [0.2, 0.25) is 0 Å². The fraction of sp³-hybridized carbons (Fsp3) is 0.581. The first-order chi connectivity index (χ1) is 28.4. The fourth-order valence-corrected chi connectivity index (χ4v) is 10.4. The van der Waals surface area contributed by atoms with Crippen molar-refractivity contribution in [3.05, 3.63) is 42.1 Å². The van der Waals surface area contributed by atoms with Gasteiger partial charge < -0.3 is 28.6 Å². The van der Waals surface area contributed by atoms with Crippen LogP contribution in [0.3, 0.4) is 0 Å². The molecule has 6 atom stereocenters. The Bertz CT molecular complexity index is 2300. The zero-order chi connectivity index (χ0) is 40.8. The number of carbonyl (C=O) groups is 1. The second kappa shape index (κ2) is 14.4. The van der Waals surface area contributed by atoms with E-state index in [1.807, 2.05) is 31.9 Å². The van der Waals surface area contributed by atoms with Crippen molar-refractivity contribution in [3.63, 3.8) is 0 Å². The molecule has 5 saturated heterocycles. The number of hydrogen-bond acceptors (Lipinski definition) is 11. The van der Waals surface area contributed by atoms with Gasteiger partial charge in [-0.05, 0) is 96.5 Å². The van der Waals surface area contributed by atoms with E-state index in [9.17, 15) is 9.18 Å². The van der Waals surface area contributed by atoms with E-state index in [2.05, 4.69) is 9.88 Å². The average molecular weight is 818 g/mol. The van der Waals surface area contributed by atoms with E-state index < -0.39 is 41.1 Å². The summed E-state index contributed by atoms with van der Waals surface area (Å²) in [5.74, 6) is -1.40. The van der Waals surface area contributed by atoms with Crippen molar-refractivity contribution in [2.24, 2.45) is 0 Å². The van der Waals surface area contributed by atoms with Crippen molar-refractivity contribution >= 4 is 22.8 Å². The molecule has 2 aromatic heterocycles. The van der Waals surface area contributed by atoms with Gasteiger partial charge in [0.05, 0.1) is 47.4 Å². The number of amides is 1. The van der Waals surface area contributed by atoms with Crippen molar-refractivity contribution < 1.29 is 41.7 Å². The van der Waals surface area contributed by atoms with Crippen LogP contribution in [0.1, 0.15) is 78.4 Å². The Kier molecular flexibility index (Phi) is 9.38. The molecule has 10 rings (SSSR count). The third-order valence-electron chi connectivity index (χ3n) is 13.1. The maximum atomic E-state index is 17.7. The number of hydrogen-bond donors (Lipinski definition) is 0. The van der Waals surface area contributed by atoms with Gasteiger partial charge in [-0.25, -0.2) is 22.6 Å². The topological polar surface area (TPSA) is 117 Å². The number of nitrogens with zero attached hydrogens (tertiary/aromatic N) is 7. The number of methoxy groups -OCH3 is 1. The maximum Gasteiger partial charge on any atom is 0.410 e. The van der Waals surface area contributed by atoms with E-state index in [1.54, 1.807) is 33.8 Å². The van der Waals surface area contributed by atoms with E-state index in [1.165, 1.54) is 7.11 Å². The molecule has 6 aliphatic rings. The Morgan fingerprint density at radius 1 is 1.02 bits per heavy atom. The van der Waals surface area contributed by atoms with E-state index in [-0.39, 0.29) is 71.1 Å². The quantitative estimate of drug-likeness (QED) is 0.185. The van der Waals surface area contributed by atoms with Gasteiger partial charge in [0, 0.05) is 43.4 Å². The normalized spacial score (nSPS) is 27.7. The van der Waals surface area contributed by atoms with Crippen molar-refractivity contribution in [2.45, 2.75) is 114 Å². The van der Waals surface area contributed by atoms with Gasteiger partial charge in [-0.2, -0.15) is 15.1 Å². The Hall–Kier alpha value is -4.83. The highest BCUT2D eigenvalue weighted by Crippen LogP contribution is 2.50. The van der Waals surface area contributed by atoms with E-state index in [0.29, 0.717) is 56.0 Å². The van der Waals surface area contributed by atoms with Crippen LogP contribution in [0.4, 0.5) is 23.8 Å². The summed E-state index contributed by atoms with van der Waals surface area (Å²) in [4.78, 5) is 29.1. The molecule has 0 N–H and O–H groups in total. The summed E-state index contributed by atoms with van der Waals surface area (Å²) in [5.41, 5.74) is -0.616. The van der Waals surface area contributed by atoms with Gasteiger partial charge in [-0.3, -0.25) is 9.80 Å². The van der Waals surface area contributed by atoms with Gasteiger partial charge >= 0.3 is 12.1 Å². The smallest absolute Gasteiger partial charge is 0.410 e.